The molecule has 0 radical (unpaired) electrons. The van der Waals surface area contributed by atoms with Crippen LogP contribution in [0.25, 0.3) is 0 Å². The molecule has 0 saturated heterocycles. The minimum atomic E-state index is -0.921. The highest BCUT2D eigenvalue weighted by molar-refractivity contribution is 9.10. The van der Waals surface area contributed by atoms with E-state index in [1.54, 1.807) is 0 Å². The molecule has 98 valence electrons. The number of carboxylic acid groups (broad SMARTS) is 1. The summed E-state index contributed by atoms with van der Waals surface area (Å²) >= 11 is 3.37. The molecular weight excluding hydrogens is 298 g/mol. The highest BCUT2D eigenvalue weighted by atomic mass is 79.9. The fourth-order valence-electron chi connectivity index (χ4n) is 1.51. The monoisotopic (exact) mass is 313 g/mol. The predicted octanol–water partition coefficient (Wildman–Crippen LogP) is 2.32. The van der Waals surface area contributed by atoms with Crippen molar-refractivity contribution in [3.05, 3.63) is 34.3 Å². The molecule has 1 rings (SSSR count). The van der Waals surface area contributed by atoms with E-state index in [2.05, 4.69) is 21.2 Å². The van der Waals surface area contributed by atoms with Crippen molar-refractivity contribution in [2.24, 2.45) is 0 Å². The van der Waals surface area contributed by atoms with Gasteiger partial charge in [-0.15, -0.1) is 0 Å². The second-order valence-electron chi connectivity index (χ2n) is 4.53. The van der Waals surface area contributed by atoms with Crippen molar-refractivity contribution in [3.8, 4) is 0 Å². The van der Waals surface area contributed by atoms with E-state index in [0.717, 1.165) is 10.0 Å². The Morgan fingerprint density at radius 1 is 1.39 bits per heavy atom. The molecule has 0 spiro atoms. The number of benzene rings is 1. The van der Waals surface area contributed by atoms with Gasteiger partial charge in [0.15, 0.2) is 0 Å². The summed E-state index contributed by atoms with van der Waals surface area (Å²) in [5, 5.41) is 11.2. The van der Waals surface area contributed by atoms with Gasteiger partial charge in [0.05, 0.1) is 11.8 Å². The summed E-state index contributed by atoms with van der Waals surface area (Å²) in [6, 6.07) is 7.52. The number of carbonyl (C=O) groups is 2. The third-order valence-electron chi connectivity index (χ3n) is 2.74. The molecule has 0 atom stereocenters. The van der Waals surface area contributed by atoms with Crippen LogP contribution >= 0.6 is 15.9 Å². The first-order valence-corrected chi connectivity index (χ1v) is 6.39. The Labute approximate surface area is 115 Å². The third-order valence-corrected chi connectivity index (χ3v) is 3.23. The lowest BCUT2D eigenvalue weighted by Crippen LogP contribution is -2.40. The van der Waals surface area contributed by atoms with Gasteiger partial charge in [-0.05, 0) is 31.5 Å². The topological polar surface area (TPSA) is 66.4 Å². The smallest absolute Gasteiger partial charge is 0.305 e. The molecule has 0 aromatic heterocycles. The maximum atomic E-state index is 12.0. The van der Waals surface area contributed by atoms with Crippen molar-refractivity contribution >= 4 is 27.8 Å². The van der Waals surface area contributed by atoms with Gasteiger partial charge >= 0.3 is 5.97 Å². The lowest BCUT2D eigenvalue weighted by molar-refractivity contribution is -0.137. The molecule has 0 unspecified atom stereocenters. The zero-order chi connectivity index (χ0) is 13.8. The first kappa shape index (κ1) is 14.7. The van der Waals surface area contributed by atoms with Gasteiger partial charge in [-0.25, -0.2) is 0 Å². The van der Waals surface area contributed by atoms with Crippen LogP contribution in [0, 0.1) is 0 Å². The summed E-state index contributed by atoms with van der Waals surface area (Å²) in [5.74, 6) is -1.10. The van der Waals surface area contributed by atoms with Crippen LogP contribution < -0.4 is 5.32 Å². The molecule has 2 N–H and O–H groups in total. The van der Waals surface area contributed by atoms with Crippen LogP contribution in [0.5, 0.6) is 0 Å². The molecule has 0 aliphatic rings. The summed E-state index contributed by atoms with van der Waals surface area (Å²) in [5.41, 5.74) is 0.187. The number of hydrogen-bond acceptors (Lipinski definition) is 2. The first-order chi connectivity index (χ1) is 8.34. The number of nitrogens with one attached hydrogen (secondary N) is 1. The van der Waals surface area contributed by atoms with E-state index in [4.69, 9.17) is 5.11 Å². The highest BCUT2D eigenvalue weighted by Crippen LogP contribution is 2.25. The van der Waals surface area contributed by atoms with Gasteiger partial charge in [-0.1, -0.05) is 28.1 Å². The maximum absolute atomic E-state index is 12.0. The van der Waals surface area contributed by atoms with E-state index >= 15 is 0 Å². The minimum Gasteiger partial charge on any atom is -0.481 e. The highest BCUT2D eigenvalue weighted by Gasteiger charge is 2.29. The van der Waals surface area contributed by atoms with Crippen LogP contribution in [-0.2, 0) is 15.0 Å². The largest absolute Gasteiger partial charge is 0.481 e. The van der Waals surface area contributed by atoms with Crippen LogP contribution in [0.15, 0.2) is 28.7 Å². The second kappa shape index (κ2) is 6.00. The lowest BCUT2D eigenvalue weighted by Gasteiger charge is -2.24. The average molecular weight is 314 g/mol. The zero-order valence-corrected chi connectivity index (χ0v) is 12.0. The first-order valence-electron chi connectivity index (χ1n) is 5.60. The van der Waals surface area contributed by atoms with Gasteiger partial charge in [-0.2, -0.15) is 0 Å². The van der Waals surface area contributed by atoms with Crippen molar-refractivity contribution in [3.63, 3.8) is 0 Å². The molecule has 1 amide bonds. The quantitative estimate of drug-likeness (QED) is 0.876. The molecule has 5 heteroatoms. The van der Waals surface area contributed by atoms with E-state index in [-0.39, 0.29) is 18.9 Å². The fraction of sp³-hybridized carbons (Fsp3) is 0.385. The van der Waals surface area contributed by atoms with E-state index in [1.165, 1.54) is 0 Å². The molecular formula is C13H16BrNO3. The van der Waals surface area contributed by atoms with Gasteiger partial charge < -0.3 is 10.4 Å². The third kappa shape index (κ3) is 3.84. The Balaban J connectivity index is 2.73. The van der Waals surface area contributed by atoms with Gasteiger partial charge in [0.1, 0.15) is 0 Å². The summed E-state index contributed by atoms with van der Waals surface area (Å²) in [4.78, 5) is 22.4. The van der Waals surface area contributed by atoms with Crippen molar-refractivity contribution in [2.75, 3.05) is 6.54 Å². The molecule has 18 heavy (non-hydrogen) atoms. The standard InChI is InChI=1S/C13H16BrNO3/c1-13(2,9-4-3-5-10(14)8-9)12(18)15-7-6-11(16)17/h3-5,8H,6-7H2,1-2H3,(H,15,18)(H,16,17). The summed E-state index contributed by atoms with van der Waals surface area (Å²) < 4.78 is 0.909. The summed E-state index contributed by atoms with van der Waals surface area (Å²) in [7, 11) is 0. The van der Waals surface area contributed by atoms with E-state index in [9.17, 15) is 9.59 Å². The molecule has 0 aliphatic carbocycles. The maximum Gasteiger partial charge on any atom is 0.305 e. The van der Waals surface area contributed by atoms with Gasteiger partial charge in [0.2, 0.25) is 5.91 Å². The van der Waals surface area contributed by atoms with E-state index in [1.807, 2.05) is 38.1 Å². The van der Waals surface area contributed by atoms with Gasteiger partial charge in [0, 0.05) is 11.0 Å². The number of hydrogen-bond donors (Lipinski definition) is 2. The molecule has 0 saturated carbocycles. The molecule has 0 fully saturated rings. The Morgan fingerprint density at radius 2 is 2.06 bits per heavy atom. The lowest BCUT2D eigenvalue weighted by atomic mass is 9.84. The number of aliphatic carboxylic acids is 1. The average Bonchev–Trinajstić information content (AvgIpc) is 2.28. The van der Waals surface area contributed by atoms with Crippen LogP contribution in [0.4, 0.5) is 0 Å². The number of carboxylic acids is 1. The number of amides is 1. The zero-order valence-electron chi connectivity index (χ0n) is 10.4. The SMILES string of the molecule is CC(C)(C(=O)NCCC(=O)O)c1cccc(Br)c1. The van der Waals surface area contributed by atoms with Crippen molar-refractivity contribution in [2.45, 2.75) is 25.7 Å². The van der Waals surface area contributed by atoms with Crippen LogP contribution in [0.1, 0.15) is 25.8 Å². The number of rotatable bonds is 5. The molecule has 0 heterocycles. The van der Waals surface area contributed by atoms with Crippen molar-refractivity contribution in [1.29, 1.82) is 0 Å². The fourth-order valence-corrected chi connectivity index (χ4v) is 1.91. The molecule has 0 bridgehead atoms. The molecule has 4 nitrogen and oxygen atoms in total. The van der Waals surface area contributed by atoms with Crippen molar-refractivity contribution < 1.29 is 14.7 Å². The van der Waals surface area contributed by atoms with Crippen LogP contribution in [0.2, 0.25) is 0 Å². The summed E-state index contributed by atoms with van der Waals surface area (Å²) in [6.07, 6.45) is -0.0691. The van der Waals surface area contributed by atoms with E-state index < -0.39 is 11.4 Å². The Bertz CT molecular complexity index is 457. The Morgan fingerprint density at radius 3 is 2.61 bits per heavy atom. The van der Waals surface area contributed by atoms with Gasteiger partial charge in [0.25, 0.3) is 0 Å². The predicted molar refractivity (Wildman–Crippen MR) is 72.4 cm³/mol. The van der Waals surface area contributed by atoms with E-state index in [0.29, 0.717) is 0 Å². The van der Waals surface area contributed by atoms with Crippen LogP contribution in [-0.4, -0.2) is 23.5 Å². The summed E-state index contributed by atoms with van der Waals surface area (Å²) in [6.45, 7) is 3.77. The normalized spacial score (nSPS) is 11.1. The second-order valence-corrected chi connectivity index (χ2v) is 5.45. The number of halogens is 1. The molecule has 0 aliphatic heterocycles. The number of carbonyl (C=O) groups excluding carboxylic acids is 1. The van der Waals surface area contributed by atoms with Crippen molar-refractivity contribution in [1.82, 2.24) is 5.32 Å². The molecule has 1 aromatic carbocycles. The Hall–Kier alpha value is -1.36. The van der Waals surface area contributed by atoms with Crippen LogP contribution in [0.3, 0.4) is 0 Å². The Kier molecular flexibility index (Phi) is 4.90. The molecule has 1 aromatic rings. The minimum absolute atomic E-state index is 0.0691. The van der Waals surface area contributed by atoms with Gasteiger partial charge in [-0.3, -0.25) is 9.59 Å².